The lowest BCUT2D eigenvalue weighted by Gasteiger charge is -2.19. The van der Waals surface area contributed by atoms with Crippen molar-refractivity contribution in [3.05, 3.63) is 109 Å². The van der Waals surface area contributed by atoms with Gasteiger partial charge in [-0.05, 0) is 23.3 Å². The Labute approximate surface area is 174 Å². The van der Waals surface area contributed by atoms with Crippen LogP contribution in [-0.4, -0.2) is 9.97 Å². The van der Waals surface area contributed by atoms with Crippen LogP contribution in [0.4, 0.5) is 0 Å². The van der Waals surface area contributed by atoms with Gasteiger partial charge in [0.1, 0.15) is 0 Å². The van der Waals surface area contributed by atoms with Gasteiger partial charge in [0, 0.05) is 44.1 Å². The molecule has 5 aromatic rings. The van der Waals surface area contributed by atoms with E-state index in [1.165, 1.54) is 33.0 Å². The molecule has 2 N–H and O–H groups in total. The van der Waals surface area contributed by atoms with E-state index < -0.39 is 0 Å². The molecule has 0 atom stereocenters. The van der Waals surface area contributed by atoms with E-state index in [1.54, 1.807) is 0 Å². The van der Waals surface area contributed by atoms with Gasteiger partial charge in [-0.25, -0.2) is 0 Å². The quantitative estimate of drug-likeness (QED) is 0.314. The molecule has 3 aromatic carbocycles. The van der Waals surface area contributed by atoms with Crippen LogP contribution in [0.25, 0.3) is 55.3 Å². The number of allylic oxidation sites excluding steroid dienone is 4. The van der Waals surface area contributed by atoms with Crippen LogP contribution < -0.4 is 0 Å². The molecule has 0 bridgehead atoms. The maximum absolute atomic E-state index is 4.19. The van der Waals surface area contributed by atoms with Gasteiger partial charge in [-0.1, -0.05) is 86.0 Å². The van der Waals surface area contributed by atoms with Gasteiger partial charge in [0.25, 0.3) is 0 Å². The molecule has 142 valence electrons. The molecule has 30 heavy (non-hydrogen) atoms. The minimum atomic E-state index is 1.07. The molecule has 0 aliphatic heterocycles. The Morgan fingerprint density at radius 3 is 1.73 bits per heavy atom. The molecule has 0 spiro atoms. The number of hydrogen-bond acceptors (Lipinski definition) is 0. The van der Waals surface area contributed by atoms with Crippen molar-refractivity contribution < 1.29 is 0 Å². The summed E-state index contributed by atoms with van der Waals surface area (Å²) in [6.07, 6.45) is 3.91. The fraction of sp³-hybridized carbons (Fsp3) is 0. The van der Waals surface area contributed by atoms with Crippen molar-refractivity contribution >= 4 is 33.0 Å². The lowest BCUT2D eigenvalue weighted by atomic mass is 9.84. The van der Waals surface area contributed by atoms with Gasteiger partial charge in [0.2, 0.25) is 0 Å². The molecule has 2 heterocycles. The van der Waals surface area contributed by atoms with Crippen molar-refractivity contribution in [2.24, 2.45) is 0 Å². The second-order valence-electron chi connectivity index (χ2n) is 7.62. The predicted molar refractivity (Wildman–Crippen MR) is 128 cm³/mol. The maximum atomic E-state index is 4.19. The Hall–Kier alpha value is -4.04. The average Bonchev–Trinajstić information content (AvgIpc) is 3.35. The van der Waals surface area contributed by atoms with Crippen LogP contribution in [0.2, 0.25) is 0 Å². The second-order valence-corrected chi connectivity index (χ2v) is 7.62. The van der Waals surface area contributed by atoms with Gasteiger partial charge in [-0.2, -0.15) is 0 Å². The lowest BCUT2D eigenvalue weighted by molar-refractivity contribution is 1.39. The SMILES string of the molecule is C=C/C1=C(\C=C)c2c([nH]c3ccccc23)-c2ccccc2-c2c1[nH]c1ccccc21. The largest absolute Gasteiger partial charge is 0.354 e. The van der Waals surface area contributed by atoms with Gasteiger partial charge >= 0.3 is 0 Å². The number of benzene rings is 3. The maximum Gasteiger partial charge on any atom is 0.0551 e. The smallest absolute Gasteiger partial charge is 0.0551 e. The number of para-hydroxylation sites is 2. The first kappa shape index (κ1) is 16.9. The lowest BCUT2D eigenvalue weighted by Crippen LogP contribution is -1.98. The predicted octanol–water partition coefficient (Wildman–Crippen LogP) is 7.58. The van der Waals surface area contributed by atoms with Crippen LogP contribution >= 0.6 is 0 Å². The van der Waals surface area contributed by atoms with Crippen molar-refractivity contribution in [1.29, 1.82) is 0 Å². The van der Waals surface area contributed by atoms with Gasteiger partial charge in [0.05, 0.1) is 11.4 Å². The summed E-state index contributed by atoms with van der Waals surface area (Å²) in [7, 11) is 0. The molecule has 0 saturated heterocycles. The summed E-state index contributed by atoms with van der Waals surface area (Å²) in [6.45, 7) is 8.37. The fourth-order valence-electron chi connectivity index (χ4n) is 4.86. The van der Waals surface area contributed by atoms with Gasteiger partial charge in [-0.3, -0.25) is 0 Å². The first-order chi connectivity index (χ1) is 14.8. The average molecular weight is 384 g/mol. The molecule has 0 unspecified atom stereocenters. The van der Waals surface area contributed by atoms with E-state index in [-0.39, 0.29) is 0 Å². The molecule has 6 rings (SSSR count). The Morgan fingerprint density at radius 2 is 1.07 bits per heavy atom. The van der Waals surface area contributed by atoms with Crippen LogP contribution in [0.15, 0.2) is 98.1 Å². The Bertz CT molecular complexity index is 1520. The minimum absolute atomic E-state index is 1.07. The number of hydrogen-bond donors (Lipinski definition) is 2. The number of aromatic nitrogens is 2. The molecule has 0 saturated carbocycles. The van der Waals surface area contributed by atoms with E-state index >= 15 is 0 Å². The minimum Gasteiger partial charge on any atom is -0.354 e. The van der Waals surface area contributed by atoms with Crippen LogP contribution in [-0.2, 0) is 0 Å². The molecule has 2 heteroatoms. The molecular formula is C28H20N2. The molecule has 2 aromatic heterocycles. The summed E-state index contributed by atoms with van der Waals surface area (Å²) in [5, 5.41) is 2.40. The van der Waals surface area contributed by atoms with Crippen molar-refractivity contribution in [1.82, 2.24) is 9.97 Å². The monoisotopic (exact) mass is 384 g/mol. The zero-order valence-corrected chi connectivity index (χ0v) is 16.5. The van der Waals surface area contributed by atoms with Crippen LogP contribution in [0, 0.1) is 0 Å². The number of H-pyrrole nitrogens is 2. The van der Waals surface area contributed by atoms with E-state index in [2.05, 4.69) is 95.9 Å². The molecule has 1 aliphatic carbocycles. The van der Waals surface area contributed by atoms with Gasteiger partial charge in [0.15, 0.2) is 0 Å². The van der Waals surface area contributed by atoms with Crippen molar-refractivity contribution in [3.63, 3.8) is 0 Å². The third-order valence-electron chi connectivity index (χ3n) is 6.11. The summed E-state index contributed by atoms with van der Waals surface area (Å²) in [4.78, 5) is 7.37. The molecule has 1 aliphatic rings. The van der Waals surface area contributed by atoms with Gasteiger partial charge < -0.3 is 9.97 Å². The first-order valence-electron chi connectivity index (χ1n) is 10.1. The number of fused-ring (bicyclic) bond motifs is 9. The van der Waals surface area contributed by atoms with Crippen LogP contribution in [0.3, 0.4) is 0 Å². The fourth-order valence-corrected chi connectivity index (χ4v) is 4.86. The Balaban J connectivity index is 1.90. The molecule has 2 nitrogen and oxygen atoms in total. The molecule has 0 fully saturated rings. The van der Waals surface area contributed by atoms with Crippen molar-refractivity contribution in [2.45, 2.75) is 0 Å². The van der Waals surface area contributed by atoms with Crippen LogP contribution in [0.5, 0.6) is 0 Å². The number of rotatable bonds is 2. The third-order valence-corrected chi connectivity index (χ3v) is 6.11. The standard InChI is InChI=1S/C28H20N2/c1-3-17-18(4-2)27-26(22-14-8-10-16-24(22)29-27)19-11-5-6-12-20(19)28-25(17)21-13-7-9-15-23(21)30-28/h3-16,29-30H,1-2H2/b18-17-,25-17?,26-19?,27-18?,28-20?. The zero-order chi connectivity index (χ0) is 20.2. The Kier molecular flexibility index (Phi) is 3.50. The normalized spacial score (nSPS) is 15.2. The van der Waals surface area contributed by atoms with E-state index in [9.17, 15) is 0 Å². The number of aromatic amines is 2. The van der Waals surface area contributed by atoms with E-state index in [1.807, 2.05) is 12.2 Å². The second kappa shape index (κ2) is 6.23. The summed E-state index contributed by atoms with van der Waals surface area (Å²) >= 11 is 0. The summed E-state index contributed by atoms with van der Waals surface area (Å²) < 4.78 is 0. The Morgan fingerprint density at radius 1 is 0.533 bits per heavy atom. The highest BCUT2D eigenvalue weighted by Crippen LogP contribution is 2.48. The van der Waals surface area contributed by atoms with E-state index in [4.69, 9.17) is 0 Å². The highest BCUT2D eigenvalue weighted by atomic mass is 14.8. The summed E-state index contributed by atoms with van der Waals surface area (Å²) in [5.41, 5.74) is 11.4. The van der Waals surface area contributed by atoms with Crippen LogP contribution in [0.1, 0.15) is 11.3 Å². The topological polar surface area (TPSA) is 31.6 Å². The molecule has 0 radical (unpaired) electrons. The summed E-state index contributed by atoms with van der Waals surface area (Å²) in [6, 6.07) is 25.6. The van der Waals surface area contributed by atoms with E-state index in [0.717, 1.165) is 33.6 Å². The van der Waals surface area contributed by atoms with E-state index in [0.29, 0.717) is 0 Å². The van der Waals surface area contributed by atoms with Crippen molar-refractivity contribution in [2.75, 3.05) is 0 Å². The first-order valence-corrected chi connectivity index (χ1v) is 10.1. The zero-order valence-electron chi connectivity index (χ0n) is 16.5. The van der Waals surface area contributed by atoms with Crippen molar-refractivity contribution in [3.8, 4) is 22.4 Å². The third kappa shape index (κ3) is 2.13. The summed E-state index contributed by atoms with van der Waals surface area (Å²) in [5.74, 6) is 0. The highest BCUT2D eigenvalue weighted by Gasteiger charge is 2.27. The molecule has 0 amide bonds. The van der Waals surface area contributed by atoms with Gasteiger partial charge in [-0.15, -0.1) is 0 Å². The molecular weight excluding hydrogens is 364 g/mol. The highest BCUT2D eigenvalue weighted by molar-refractivity contribution is 6.17. The number of nitrogens with one attached hydrogen (secondary N) is 2.